The first-order chi connectivity index (χ1) is 11.7. The molecule has 2 aliphatic rings. The molecule has 6 heteroatoms. The molecule has 130 valence electrons. The summed E-state index contributed by atoms with van der Waals surface area (Å²) in [5, 5.41) is 2.94. The van der Waals surface area contributed by atoms with Gasteiger partial charge >= 0.3 is 0 Å². The van der Waals surface area contributed by atoms with E-state index < -0.39 is 0 Å². The van der Waals surface area contributed by atoms with Crippen LogP contribution in [0, 0.1) is 11.8 Å². The molecule has 3 rings (SSSR count). The van der Waals surface area contributed by atoms with Gasteiger partial charge in [0.05, 0.1) is 32.2 Å². The van der Waals surface area contributed by atoms with E-state index in [1.54, 1.807) is 7.11 Å². The van der Waals surface area contributed by atoms with Gasteiger partial charge in [0.25, 0.3) is 0 Å². The monoisotopic (exact) mass is 332 g/mol. The highest BCUT2D eigenvalue weighted by Crippen LogP contribution is 2.40. The van der Waals surface area contributed by atoms with Crippen LogP contribution < -0.4 is 10.1 Å². The van der Waals surface area contributed by atoms with E-state index in [1.165, 1.54) is 0 Å². The Kier molecular flexibility index (Phi) is 5.35. The molecule has 2 amide bonds. The van der Waals surface area contributed by atoms with E-state index in [0.717, 1.165) is 11.3 Å². The zero-order chi connectivity index (χ0) is 16.9. The molecule has 2 atom stereocenters. The van der Waals surface area contributed by atoms with Crippen molar-refractivity contribution in [1.82, 2.24) is 10.2 Å². The molecule has 2 fully saturated rings. The fourth-order valence-corrected chi connectivity index (χ4v) is 3.14. The van der Waals surface area contributed by atoms with Crippen molar-refractivity contribution in [1.29, 1.82) is 0 Å². The molecule has 1 heterocycles. The van der Waals surface area contributed by atoms with E-state index in [0.29, 0.717) is 45.7 Å². The van der Waals surface area contributed by atoms with Crippen molar-refractivity contribution in [2.75, 3.05) is 40.0 Å². The molecular formula is C18H24N2O4. The second-order valence-electron chi connectivity index (χ2n) is 6.24. The standard InChI is InChI=1S/C18H24N2O4/c1-23-16-5-3-2-4-13(16)6-7-19-17(21)14-12-15(14)18(22)20-8-10-24-11-9-20/h2-5,14-15H,6-12H2,1H3,(H,19,21). The maximum atomic E-state index is 12.3. The maximum absolute atomic E-state index is 12.3. The predicted octanol–water partition coefficient (Wildman–Crippen LogP) is 0.849. The first kappa shape index (κ1) is 16.8. The minimum Gasteiger partial charge on any atom is -0.496 e. The number of carbonyl (C=O) groups is 2. The third-order valence-corrected chi connectivity index (χ3v) is 4.65. The van der Waals surface area contributed by atoms with Gasteiger partial charge in [-0.2, -0.15) is 0 Å². The lowest BCUT2D eigenvalue weighted by Crippen LogP contribution is -2.42. The quantitative estimate of drug-likeness (QED) is 0.839. The molecule has 0 spiro atoms. The summed E-state index contributed by atoms with van der Waals surface area (Å²) in [6, 6.07) is 7.78. The highest BCUT2D eigenvalue weighted by atomic mass is 16.5. The van der Waals surface area contributed by atoms with Crippen LogP contribution in [-0.2, 0) is 20.7 Å². The zero-order valence-corrected chi connectivity index (χ0v) is 14.0. The Labute approximate surface area is 142 Å². The second-order valence-corrected chi connectivity index (χ2v) is 6.24. The molecule has 1 aliphatic carbocycles. The molecule has 1 N–H and O–H groups in total. The lowest BCUT2D eigenvalue weighted by atomic mass is 10.1. The van der Waals surface area contributed by atoms with Gasteiger partial charge in [0.15, 0.2) is 0 Å². The average molecular weight is 332 g/mol. The van der Waals surface area contributed by atoms with E-state index >= 15 is 0 Å². The number of amides is 2. The minimum atomic E-state index is -0.169. The molecule has 24 heavy (non-hydrogen) atoms. The average Bonchev–Trinajstić information content (AvgIpc) is 3.43. The number of methoxy groups -OCH3 is 1. The van der Waals surface area contributed by atoms with Crippen molar-refractivity contribution in [2.24, 2.45) is 11.8 Å². The fraction of sp³-hybridized carbons (Fsp3) is 0.556. The molecular weight excluding hydrogens is 308 g/mol. The van der Waals surface area contributed by atoms with Crippen LogP contribution in [0.1, 0.15) is 12.0 Å². The van der Waals surface area contributed by atoms with Gasteiger partial charge < -0.3 is 19.7 Å². The number of hydrogen-bond donors (Lipinski definition) is 1. The van der Waals surface area contributed by atoms with Crippen molar-refractivity contribution >= 4 is 11.8 Å². The van der Waals surface area contributed by atoms with E-state index in [4.69, 9.17) is 9.47 Å². The number of para-hydroxylation sites is 1. The van der Waals surface area contributed by atoms with Crippen LogP contribution in [0.15, 0.2) is 24.3 Å². The number of nitrogens with one attached hydrogen (secondary N) is 1. The molecule has 1 saturated carbocycles. The lowest BCUT2D eigenvalue weighted by Gasteiger charge is -2.27. The largest absolute Gasteiger partial charge is 0.496 e. The summed E-state index contributed by atoms with van der Waals surface area (Å²) < 4.78 is 10.6. The van der Waals surface area contributed by atoms with E-state index in [-0.39, 0.29) is 23.7 Å². The normalized spacial score (nSPS) is 22.8. The number of rotatable bonds is 6. The molecule has 0 bridgehead atoms. The Hall–Kier alpha value is -2.08. The third-order valence-electron chi connectivity index (χ3n) is 4.65. The SMILES string of the molecule is COc1ccccc1CCNC(=O)C1CC1C(=O)N1CCOCC1. The molecule has 0 radical (unpaired) electrons. The number of nitrogens with zero attached hydrogens (tertiary/aromatic N) is 1. The van der Waals surface area contributed by atoms with Crippen LogP contribution in [0.3, 0.4) is 0 Å². The Bertz CT molecular complexity index is 598. The molecule has 0 aromatic heterocycles. The Morgan fingerprint density at radius 2 is 2.00 bits per heavy atom. The summed E-state index contributed by atoms with van der Waals surface area (Å²) >= 11 is 0. The predicted molar refractivity (Wildman–Crippen MR) is 88.7 cm³/mol. The van der Waals surface area contributed by atoms with Crippen molar-refractivity contribution in [2.45, 2.75) is 12.8 Å². The van der Waals surface area contributed by atoms with E-state index in [1.807, 2.05) is 29.2 Å². The molecule has 6 nitrogen and oxygen atoms in total. The van der Waals surface area contributed by atoms with Gasteiger partial charge in [-0.1, -0.05) is 18.2 Å². The minimum absolute atomic E-state index is 0.0171. The molecule has 1 aromatic rings. The first-order valence-electron chi connectivity index (χ1n) is 8.47. The Morgan fingerprint density at radius 1 is 1.25 bits per heavy atom. The topological polar surface area (TPSA) is 67.9 Å². The number of morpholine rings is 1. The van der Waals surface area contributed by atoms with E-state index in [9.17, 15) is 9.59 Å². The highest BCUT2D eigenvalue weighted by Gasteiger charge is 2.49. The van der Waals surface area contributed by atoms with Gasteiger partial charge in [-0.15, -0.1) is 0 Å². The van der Waals surface area contributed by atoms with Gasteiger partial charge in [0, 0.05) is 19.6 Å². The maximum Gasteiger partial charge on any atom is 0.226 e. The van der Waals surface area contributed by atoms with Crippen LogP contribution in [0.5, 0.6) is 5.75 Å². The number of hydrogen-bond acceptors (Lipinski definition) is 4. The van der Waals surface area contributed by atoms with Crippen molar-refractivity contribution in [3.8, 4) is 5.75 Å². The summed E-state index contributed by atoms with van der Waals surface area (Å²) in [5.41, 5.74) is 1.07. The van der Waals surface area contributed by atoms with Crippen LogP contribution in [0.4, 0.5) is 0 Å². The van der Waals surface area contributed by atoms with Gasteiger partial charge in [0.2, 0.25) is 11.8 Å². The molecule has 1 aliphatic heterocycles. The van der Waals surface area contributed by atoms with Crippen molar-refractivity contribution < 1.29 is 19.1 Å². The molecule has 2 unspecified atom stereocenters. The fourth-order valence-electron chi connectivity index (χ4n) is 3.14. The highest BCUT2D eigenvalue weighted by molar-refractivity contribution is 5.92. The summed E-state index contributed by atoms with van der Waals surface area (Å²) in [7, 11) is 1.64. The van der Waals surface area contributed by atoms with Crippen LogP contribution in [0.2, 0.25) is 0 Å². The van der Waals surface area contributed by atoms with Crippen LogP contribution >= 0.6 is 0 Å². The number of benzene rings is 1. The number of carbonyl (C=O) groups excluding carboxylic acids is 2. The van der Waals surface area contributed by atoms with Gasteiger partial charge in [-0.05, 0) is 24.5 Å². The summed E-state index contributed by atoms with van der Waals surface area (Å²) in [6.07, 6.45) is 1.38. The smallest absolute Gasteiger partial charge is 0.226 e. The number of ether oxygens (including phenoxy) is 2. The van der Waals surface area contributed by atoms with Crippen LogP contribution in [-0.4, -0.2) is 56.7 Å². The zero-order valence-electron chi connectivity index (χ0n) is 14.0. The lowest BCUT2D eigenvalue weighted by molar-refractivity contribution is -0.138. The van der Waals surface area contributed by atoms with Crippen LogP contribution in [0.25, 0.3) is 0 Å². The van der Waals surface area contributed by atoms with Crippen molar-refractivity contribution in [3.63, 3.8) is 0 Å². The Balaban J connectivity index is 1.42. The molecule has 1 aromatic carbocycles. The Morgan fingerprint density at radius 3 is 2.75 bits per heavy atom. The first-order valence-corrected chi connectivity index (χ1v) is 8.47. The summed E-state index contributed by atoms with van der Waals surface area (Å²) in [4.78, 5) is 26.4. The molecule has 1 saturated heterocycles. The third kappa shape index (κ3) is 3.87. The second kappa shape index (κ2) is 7.66. The van der Waals surface area contributed by atoms with Gasteiger partial charge in [-0.25, -0.2) is 0 Å². The summed E-state index contributed by atoms with van der Waals surface area (Å²) in [6.45, 7) is 3.01. The van der Waals surface area contributed by atoms with Crippen molar-refractivity contribution in [3.05, 3.63) is 29.8 Å². The summed E-state index contributed by atoms with van der Waals surface area (Å²) in [5.74, 6) is 0.602. The van der Waals surface area contributed by atoms with Gasteiger partial charge in [-0.3, -0.25) is 9.59 Å². The van der Waals surface area contributed by atoms with E-state index in [2.05, 4.69) is 5.32 Å². The van der Waals surface area contributed by atoms with Gasteiger partial charge in [0.1, 0.15) is 5.75 Å².